The molecule has 0 radical (unpaired) electrons. The number of carbonyl (C=O) groups is 1. The number of fused-ring (bicyclic) bond motifs is 1. The van der Waals surface area contributed by atoms with E-state index in [-0.39, 0.29) is 12.7 Å². The third-order valence-corrected chi connectivity index (χ3v) is 4.15. The van der Waals surface area contributed by atoms with Crippen LogP contribution < -0.4 is 20.1 Å². The van der Waals surface area contributed by atoms with Crippen LogP contribution in [0, 0.1) is 0 Å². The van der Waals surface area contributed by atoms with Gasteiger partial charge in [-0.3, -0.25) is 4.79 Å². The molecule has 0 saturated heterocycles. The fourth-order valence-electron chi connectivity index (χ4n) is 2.75. The van der Waals surface area contributed by atoms with E-state index in [2.05, 4.69) is 22.8 Å². The number of amides is 1. The molecule has 126 valence electrons. The van der Waals surface area contributed by atoms with E-state index in [0.29, 0.717) is 29.6 Å². The molecule has 0 aliphatic carbocycles. The molecule has 2 N–H and O–H groups in total. The third-order valence-electron chi connectivity index (χ3n) is 4.15. The maximum atomic E-state index is 12.2. The SMILES string of the molecule is CN[C@H](CCNC(=O)c1ccc2c(c1)OCO2)Cc1ccccc1. The Morgan fingerprint density at radius 1 is 1.12 bits per heavy atom. The molecule has 1 aliphatic rings. The van der Waals surface area contributed by atoms with Crippen molar-refractivity contribution in [2.24, 2.45) is 0 Å². The number of ether oxygens (including phenoxy) is 2. The van der Waals surface area contributed by atoms with Gasteiger partial charge in [0, 0.05) is 18.2 Å². The number of hydrogen-bond acceptors (Lipinski definition) is 4. The van der Waals surface area contributed by atoms with Crippen LogP contribution in [-0.4, -0.2) is 32.3 Å². The van der Waals surface area contributed by atoms with E-state index in [1.54, 1.807) is 18.2 Å². The maximum absolute atomic E-state index is 12.2. The molecular formula is C19H22N2O3. The average Bonchev–Trinajstić information content (AvgIpc) is 3.09. The van der Waals surface area contributed by atoms with Crippen LogP contribution in [0.5, 0.6) is 11.5 Å². The summed E-state index contributed by atoms with van der Waals surface area (Å²) < 4.78 is 10.6. The zero-order chi connectivity index (χ0) is 16.8. The van der Waals surface area contributed by atoms with Crippen LogP contribution in [0.2, 0.25) is 0 Å². The molecule has 24 heavy (non-hydrogen) atoms. The number of hydrogen-bond donors (Lipinski definition) is 2. The van der Waals surface area contributed by atoms with Crippen molar-refractivity contribution in [2.75, 3.05) is 20.4 Å². The molecule has 3 rings (SSSR count). The summed E-state index contributed by atoms with van der Waals surface area (Å²) in [5.41, 5.74) is 1.88. The third kappa shape index (κ3) is 4.06. The lowest BCUT2D eigenvalue weighted by atomic mass is 10.0. The molecule has 1 aliphatic heterocycles. The van der Waals surface area contributed by atoms with E-state index in [0.717, 1.165) is 12.8 Å². The highest BCUT2D eigenvalue weighted by molar-refractivity contribution is 5.94. The van der Waals surface area contributed by atoms with Gasteiger partial charge in [0.2, 0.25) is 6.79 Å². The standard InChI is InChI=1S/C19H22N2O3/c1-20-16(11-14-5-3-2-4-6-14)9-10-21-19(22)15-7-8-17-18(12-15)24-13-23-17/h2-8,12,16,20H,9-11,13H2,1H3,(H,21,22)/t16-/m1/s1. The lowest BCUT2D eigenvalue weighted by Crippen LogP contribution is -2.33. The van der Waals surface area contributed by atoms with Gasteiger partial charge in [-0.25, -0.2) is 0 Å². The molecular weight excluding hydrogens is 304 g/mol. The average molecular weight is 326 g/mol. The van der Waals surface area contributed by atoms with Crippen molar-refractivity contribution in [3.05, 3.63) is 59.7 Å². The lowest BCUT2D eigenvalue weighted by molar-refractivity contribution is 0.0951. The van der Waals surface area contributed by atoms with E-state index in [4.69, 9.17) is 9.47 Å². The van der Waals surface area contributed by atoms with Crippen LogP contribution in [0.25, 0.3) is 0 Å². The summed E-state index contributed by atoms with van der Waals surface area (Å²) >= 11 is 0. The molecule has 0 fully saturated rings. The van der Waals surface area contributed by atoms with Crippen molar-refractivity contribution in [2.45, 2.75) is 18.9 Å². The molecule has 0 unspecified atom stereocenters. The van der Waals surface area contributed by atoms with Crippen LogP contribution in [0.3, 0.4) is 0 Å². The van der Waals surface area contributed by atoms with Crippen LogP contribution in [0.4, 0.5) is 0 Å². The molecule has 1 heterocycles. The Hall–Kier alpha value is -2.53. The number of nitrogens with one attached hydrogen (secondary N) is 2. The smallest absolute Gasteiger partial charge is 0.251 e. The first-order valence-corrected chi connectivity index (χ1v) is 8.15. The van der Waals surface area contributed by atoms with E-state index in [1.807, 2.05) is 25.2 Å². The Balaban J connectivity index is 1.49. The zero-order valence-electron chi connectivity index (χ0n) is 13.7. The number of carbonyl (C=O) groups excluding carboxylic acids is 1. The monoisotopic (exact) mass is 326 g/mol. The number of rotatable bonds is 7. The van der Waals surface area contributed by atoms with E-state index in [1.165, 1.54) is 5.56 Å². The summed E-state index contributed by atoms with van der Waals surface area (Å²) in [6.45, 7) is 0.829. The van der Waals surface area contributed by atoms with Crippen molar-refractivity contribution >= 4 is 5.91 Å². The molecule has 2 aromatic rings. The van der Waals surface area contributed by atoms with Gasteiger partial charge in [-0.2, -0.15) is 0 Å². The first-order valence-electron chi connectivity index (χ1n) is 8.15. The molecule has 0 aromatic heterocycles. The Bertz CT molecular complexity index is 688. The summed E-state index contributed by atoms with van der Waals surface area (Å²) in [7, 11) is 1.95. The second kappa shape index (κ2) is 7.84. The van der Waals surface area contributed by atoms with Crippen LogP contribution in [0.15, 0.2) is 48.5 Å². The minimum absolute atomic E-state index is 0.0946. The summed E-state index contributed by atoms with van der Waals surface area (Å²) in [5.74, 6) is 1.22. The highest BCUT2D eigenvalue weighted by Crippen LogP contribution is 2.32. The van der Waals surface area contributed by atoms with Crippen molar-refractivity contribution in [1.29, 1.82) is 0 Å². The van der Waals surface area contributed by atoms with Gasteiger partial charge in [-0.1, -0.05) is 30.3 Å². The van der Waals surface area contributed by atoms with Gasteiger partial charge in [0.05, 0.1) is 0 Å². The van der Waals surface area contributed by atoms with Crippen LogP contribution >= 0.6 is 0 Å². The van der Waals surface area contributed by atoms with Crippen LogP contribution in [0.1, 0.15) is 22.3 Å². The first-order chi connectivity index (χ1) is 11.8. The van der Waals surface area contributed by atoms with Gasteiger partial charge >= 0.3 is 0 Å². The Morgan fingerprint density at radius 3 is 2.71 bits per heavy atom. The van der Waals surface area contributed by atoms with Crippen molar-refractivity contribution in [3.63, 3.8) is 0 Å². The van der Waals surface area contributed by atoms with Crippen molar-refractivity contribution < 1.29 is 14.3 Å². The quantitative estimate of drug-likeness (QED) is 0.820. The Morgan fingerprint density at radius 2 is 1.92 bits per heavy atom. The molecule has 1 atom stereocenters. The Kier molecular flexibility index (Phi) is 5.33. The Labute approximate surface area is 142 Å². The predicted octanol–water partition coefficient (Wildman–Crippen LogP) is 2.37. The largest absolute Gasteiger partial charge is 0.454 e. The van der Waals surface area contributed by atoms with Gasteiger partial charge < -0.3 is 20.1 Å². The van der Waals surface area contributed by atoms with Gasteiger partial charge in [0.25, 0.3) is 5.91 Å². The topological polar surface area (TPSA) is 59.6 Å². The predicted molar refractivity (Wildman–Crippen MR) is 92.5 cm³/mol. The van der Waals surface area contributed by atoms with Crippen molar-refractivity contribution in [3.8, 4) is 11.5 Å². The summed E-state index contributed by atoms with van der Waals surface area (Å²) in [6.07, 6.45) is 1.80. The minimum atomic E-state index is -0.0946. The van der Waals surface area contributed by atoms with Gasteiger partial charge in [-0.05, 0) is 43.7 Å². The highest BCUT2D eigenvalue weighted by Gasteiger charge is 2.16. The zero-order valence-corrected chi connectivity index (χ0v) is 13.7. The number of benzene rings is 2. The van der Waals surface area contributed by atoms with Crippen molar-refractivity contribution in [1.82, 2.24) is 10.6 Å². The minimum Gasteiger partial charge on any atom is -0.454 e. The lowest BCUT2D eigenvalue weighted by Gasteiger charge is -2.16. The molecule has 1 amide bonds. The maximum Gasteiger partial charge on any atom is 0.251 e. The molecule has 2 aromatic carbocycles. The number of likely N-dealkylation sites (N-methyl/N-ethyl adjacent to an activating group) is 1. The summed E-state index contributed by atoms with van der Waals surface area (Å²) in [4.78, 5) is 12.2. The van der Waals surface area contributed by atoms with Gasteiger partial charge in [-0.15, -0.1) is 0 Å². The van der Waals surface area contributed by atoms with E-state index >= 15 is 0 Å². The highest BCUT2D eigenvalue weighted by atomic mass is 16.7. The van der Waals surface area contributed by atoms with Crippen LogP contribution in [-0.2, 0) is 6.42 Å². The fourth-order valence-corrected chi connectivity index (χ4v) is 2.75. The molecule has 5 heteroatoms. The van der Waals surface area contributed by atoms with E-state index < -0.39 is 0 Å². The molecule has 5 nitrogen and oxygen atoms in total. The van der Waals surface area contributed by atoms with Gasteiger partial charge in [0.15, 0.2) is 11.5 Å². The molecule has 0 bridgehead atoms. The first kappa shape index (κ1) is 16.3. The second-order valence-electron chi connectivity index (χ2n) is 5.79. The molecule has 0 saturated carbocycles. The fraction of sp³-hybridized carbons (Fsp3) is 0.316. The summed E-state index contributed by atoms with van der Waals surface area (Å²) in [6, 6.07) is 15.9. The van der Waals surface area contributed by atoms with E-state index in [9.17, 15) is 4.79 Å². The normalized spacial score (nSPS) is 13.5. The molecule has 0 spiro atoms. The second-order valence-corrected chi connectivity index (χ2v) is 5.79. The summed E-state index contributed by atoms with van der Waals surface area (Å²) in [5, 5.41) is 6.28. The van der Waals surface area contributed by atoms with Gasteiger partial charge in [0.1, 0.15) is 0 Å².